The molecule has 0 bridgehead atoms. The number of hydrogen-bond acceptors (Lipinski definition) is 1. The minimum Gasteiger partial charge on any atom is -0.314 e. The lowest BCUT2D eigenvalue weighted by molar-refractivity contribution is 0.210. The molecule has 1 N–H and O–H groups in total. The Bertz CT molecular complexity index is 208. The molecule has 1 atom stereocenters. The average molecular weight is 207 g/mol. The molecule has 0 saturated heterocycles. The molecule has 0 aliphatic heterocycles. The summed E-state index contributed by atoms with van der Waals surface area (Å²) in [5.41, 5.74) is 0.532. The maximum absolute atomic E-state index is 5.30. The van der Waals surface area contributed by atoms with Crippen molar-refractivity contribution in [2.75, 3.05) is 6.54 Å². The van der Waals surface area contributed by atoms with Crippen LogP contribution in [0.3, 0.4) is 0 Å². The molecule has 1 aliphatic rings. The fourth-order valence-corrected chi connectivity index (χ4v) is 2.88. The molecule has 0 aromatic rings. The second kappa shape index (κ2) is 6.18. The Labute approximate surface area is 95.0 Å². The van der Waals surface area contributed by atoms with E-state index in [1.165, 1.54) is 38.5 Å². The van der Waals surface area contributed by atoms with Gasteiger partial charge in [-0.25, -0.2) is 0 Å². The summed E-state index contributed by atoms with van der Waals surface area (Å²) in [7, 11) is 0. The van der Waals surface area contributed by atoms with Crippen LogP contribution in [-0.2, 0) is 0 Å². The fourth-order valence-electron chi connectivity index (χ4n) is 2.88. The first kappa shape index (κ1) is 12.6. The lowest BCUT2D eigenvalue weighted by Gasteiger charge is -2.35. The zero-order chi connectivity index (χ0) is 11.1. The SMILES string of the molecule is C#CCCCC(NCC)C1(C)CCCC1. The molecule has 15 heavy (non-hydrogen) atoms. The molecule has 86 valence electrons. The van der Waals surface area contributed by atoms with Gasteiger partial charge in [0.15, 0.2) is 0 Å². The first-order valence-electron chi connectivity index (χ1n) is 6.40. The molecule has 1 rings (SSSR count). The summed E-state index contributed by atoms with van der Waals surface area (Å²) in [6.45, 7) is 5.73. The zero-order valence-corrected chi connectivity index (χ0v) is 10.3. The van der Waals surface area contributed by atoms with Gasteiger partial charge >= 0.3 is 0 Å². The highest BCUT2D eigenvalue weighted by molar-refractivity contribution is 4.92. The summed E-state index contributed by atoms with van der Waals surface area (Å²) in [4.78, 5) is 0. The van der Waals surface area contributed by atoms with E-state index in [4.69, 9.17) is 6.42 Å². The molecule has 0 aromatic heterocycles. The van der Waals surface area contributed by atoms with Gasteiger partial charge in [0.25, 0.3) is 0 Å². The van der Waals surface area contributed by atoms with Crippen molar-refractivity contribution in [3.05, 3.63) is 0 Å². The standard InChI is InChI=1S/C14H25N/c1-4-6-7-10-13(15-5-2)14(3)11-8-9-12-14/h1,13,15H,5-12H2,2-3H3. The Morgan fingerprint density at radius 1 is 1.40 bits per heavy atom. The minimum absolute atomic E-state index is 0.532. The highest BCUT2D eigenvalue weighted by Crippen LogP contribution is 2.41. The van der Waals surface area contributed by atoms with E-state index >= 15 is 0 Å². The van der Waals surface area contributed by atoms with Gasteiger partial charge in [0.2, 0.25) is 0 Å². The summed E-state index contributed by atoms with van der Waals surface area (Å²) in [5.74, 6) is 2.74. The van der Waals surface area contributed by atoms with Gasteiger partial charge in [-0.05, 0) is 37.6 Å². The maximum atomic E-state index is 5.30. The summed E-state index contributed by atoms with van der Waals surface area (Å²) in [6.07, 6.45) is 14.2. The van der Waals surface area contributed by atoms with Gasteiger partial charge in [-0.15, -0.1) is 12.3 Å². The quantitative estimate of drug-likeness (QED) is 0.520. The van der Waals surface area contributed by atoms with E-state index < -0.39 is 0 Å². The van der Waals surface area contributed by atoms with Crippen molar-refractivity contribution < 1.29 is 0 Å². The van der Waals surface area contributed by atoms with E-state index in [1.54, 1.807) is 0 Å². The Morgan fingerprint density at radius 2 is 2.07 bits per heavy atom. The molecule has 1 fully saturated rings. The monoisotopic (exact) mass is 207 g/mol. The Kier molecular flexibility index (Phi) is 5.19. The van der Waals surface area contributed by atoms with Gasteiger partial charge in [0, 0.05) is 12.5 Å². The van der Waals surface area contributed by atoms with Crippen molar-refractivity contribution in [1.29, 1.82) is 0 Å². The van der Waals surface area contributed by atoms with Crippen LogP contribution < -0.4 is 5.32 Å². The largest absolute Gasteiger partial charge is 0.314 e. The summed E-state index contributed by atoms with van der Waals surface area (Å²) >= 11 is 0. The number of hydrogen-bond donors (Lipinski definition) is 1. The number of unbranched alkanes of at least 4 members (excludes halogenated alkanes) is 1. The summed E-state index contributed by atoms with van der Waals surface area (Å²) in [5, 5.41) is 3.66. The van der Waals surface area contributed by atoms with Crippen molar-refractivity contribution in [2.24, 2.45) is 5.41 Å². The zero-order valence-electron chi connectivity index (χ0n) is 10.3. The van der Waals surface area contributed by atoms with Crippen LogP contribution in [0.25, 0.3) is 0 Å². The predicted molar refractivity (Wildman–Crippen MR) is 66.7 cm³/mol. The number of terminal acetylenes is 1. The molecule has 1 aliphatic carbocycles. The van der Waals surface area contributed by atoms with Crippen LogP contribution in [0.2, 0.25) is 0 Å². The first-order valence-corrected chi connectivity index (χ1v) is 6.40. The second-order valence-electron chi connectivity index (χ2n) is 5.07. The van der Waals surface area contributed by atoms with Gasteiger partial charge in [-0.2, -0.15) is 0 Å². The average Bonchev–Trinajstić information content (AvgIpc) is 2.65. The van der Waals surface area contributed by atoms with Gasteiger partial charge < -0.3 is 5.32 Å². The minimum atomic E-state index is 0.532. The van der Waals surface area contributed by atoms with Crippen molar-refractivity contribution in [3.63, 3.8) is 0 Å². The van der Waals surface area contributed by atoms with E-state index in [0.29, 0.717) is 11.5 Å². The molecule has 0 amide bonds. The number of nitrogens with one attached hydrogen (secondary N) is 1. The highest BCUT2D eigenvalue weighted by atomic mass is 14.9. The summed E-state index contributed by atoms with van der Waals surface area (Å²) in [6, 6.07) is 0.679. The fraction of sp³-hybridized carbons (Fsp3) is 0.857. The second-order valence-corrected chi connectivity index (χ2v) is 5.07. The summed E-state index contributed by atoms with van der Waals surface area (Å²) < 4.78 is 0. The third kappa shape index (κ3) is 3.54. The van der Waals surface area contributed by atoms with Crippen molar-refractivity contribution >= 4 is 0 Å². The molecule has 0 heterocycles. The molecule has 1 unspecified atom stereocenters. The van der Waals surface area contributed by atoms with Crippen LogP contribution in [0.4, 0.5) is 0 Å². The molecular formula is C14H25N. The van der Waals surface area contributed by atoms with Crippen LogP contribution in [0.1, 0.15) is 58.8 Å². The van der Waals surface area contributed by atoms with E-state index in [2.05, 4.69) is 25.1 Å². The predicted octanol–water partition coefficient (Wildman–Crippen LogP) is 3.35. The smallest absolute Gasteiger partial charge is 0.0121 e. The normalized spacial score (nSPS) is 21.1. The molecule has 1 heteroatoms. The number of rotatable bonds is 6. The van der Waals surface area contributed by atoms with Crippen LogP contribution in [-0.4, -0.2) is 12.6 Å². The van der Waals surface area contributed by atoms with Gasteiger partial charge in [0.1, 0.15) is 0 Å². The van der Waals surface area contributed by atoms with Crippen LogP contribution in [0.5, 0.6) is 0 Å². The third-order valence-corrected chi connectivity index (χ3v) is 3.85. The van der Waals surface area contributed by atoms with E-state index in [9.17, 15) is 0 Å². The first-order chi connectivity index (χ1) is 7.23. The molecule has 0 radical (unpaired) electrons. The van der Waals surface area contributed by atoms with Crippen molar-refractivity contribution in [3.8, 4) is 12.3 Å². The molecule has 0 spiro atoms. The molecular weight excluding hydrogens is 182 g/mol. The molecule has 1 saturated carbocycles. The lowest BCUT2D eigenvalue weighted by atomic mass is 9.78. The van der Waals surface area contributed by atoms with E-state index in [0.717, 1.165) is 13.0 Å². The topological polar surface area (TPSA) is 12.0 Å². The van der Waals surface area contributed by atoms with Gasteiger partial charge in [-0.3, -0.25) is 0 Å². The van der Waals surface area contributed by atoms with Crippen molar-refractivity contribution in [2.45, 2.75) is 64.8 Å². The lowest BCUT2D eigenvalue weighted by Crippen LogP contribution is -2.42. The Hall–Kier alpha value is -0.480. The van der Waals surface area contributed by atoms with Crippen LogP contribution in [0.15, 0.2) is 0 Å². The maximum Gasteiger partial charge on any atom is 0.0121 e. The third-order valence-electron chi connectivity index (χ3n) is 3.85. The Morgan fingerprint density at radius 3 is 2.60 bits per heavy atom. The molecule has 1 nitrogen and oxygen atoms in total. The van der Waals surface area contributed by atoms with Crippen molar-refractivity contribution in [1.82, 2.24) is 5.32 Å². The van der Waals surface area contributed by atoms with Gasteiger partial charge in [0.05, 0.1) is 0 Å². The van der Waals surface area contributed by atoms with E-state index in [1.807, 2.05) is 0 Å². The Balaban J connectivity index is 2.45. The molecule has 0 aromatic carbocycles. The van der Waals surface area contributed by atoms with Crippen LogP contribution >= 0.6 is 0 Å². The van der Waals surface area contributed by atoms with Crippen LogP contribution in [0, 0.1) is 17.8 Å². The highest BCUT2D eigenvalue weighted by Gasteiger charge is 2.35. The van der Waals surface area contributed by atoms with Gasteiger partial charge in [-0.1, -0.05) is 26.7 Å². The van der Waals surface area contributed by atoms with E-state index in [-0.39, 0.29) is 0 Å².